The van der Waals surface area contributed by atoms with Crippen LogP contribution >= 0.6 is 15.9 Å². The molecule has 0 saturated carbocycles. The molecular formula is C14H14BrNO3. The predicted molar refractivity (Wildman–Crippen MR) is 75.8 cm³/mol. The Morgan fingerprint density at radius 3 is 2.47 bits per heavy atom. The molecule has 5 heteroatoms. The number of nitrogens with zero attached hydrogens (tertiary/aromatic N) is 1. The highest BCUT2D eigenvalue weighted by Gasteiger charge is 2.07. The van der Waals surface area contributed by atoms with Gasteiger partial charge < -0.3 is 14.2 Å². The zero-order chi connectivity index (χ0) is 13.7. The summed E-state index contributed by atoms with van der Waals surface area (Å²) in [7, 11) is 3.23. The van der Waals surface area contributed by atoms with Crippen molar-refractivity contribution in [1.82, 2.24) is 4.98 Å². The number of rotatable bonds is 5. The predicted octanol–water partition coefficient (Wildman–Crippen LogP) is 3.44. The molecule has 0 aliphatic carbocycles. The Morgan fingerprint density at radius 2 is 1.84 bits per heavy atom. The van der Waals surface area contributed by atoms with Gasteiger partial charge >= 0.3 is 0 Å². The van der Waals surface area contributed by atoms with Gasteiger partial charge in [-0.05, 0) is 33.6 Å². The summed E-state index contributed by atoms with van der Waals surface area (Å²) in [6.07, 6.45) is 1.67. The summed E-state index contributed by atoms with van der Waals surface area (Å²) in [4.78, 5) is 4.18. The molecule has 0 atom stereocenters. The van der Waals surface area contributed by atoms with Gasteiger partial charge in [-0.3, -0.25) is 0 Å². The van der Waals surface area contributed by atoms with Gasteiger partial charge in [-0.15, -0.1) is 0 Å². The molecule has 0 unspecified atom stereocenters. The Morgan fingerprint density at radius 1 is 1.11 bits per heavy atom. The molecule has 1 aromatic heterocycles. The van der Waals surface area contributed by atoms with Gasteiger partial charge in [0, 0.05) is 16.7 Å². The summed E-state index contributed by atoms with van der Waals surface area (Å²) < 4.78 is 16.8. The second-order valence-electron chi connectivity index (χ2n) is 3.80. The molecule has 0 saturated heterocycles. The van der Waals surface area contributed by atoms with Crippen LogP contribution in [0, 0.1) is 0 Å². The summed E-state index contributed by atoms with van der Waals surface area (Å²) in [5.74, 6) is 1.90. The van der Waals surface area contributed by atoms with Gasteiger partial charge in [0.05, 0.1) is 14.2 Å². The van der Waals surface area contributed by atoms with Gasteiger partial charge in [0.15, 0.2) is 5.75 Å². The van der Waals surface area contributed by atoms with Crippen molar-refractivity contribution in [3.63, 3.8) is 0 Å². The fourth-order valence-electron chi connectivity index (χ4n) is 1.54. The average Bonchev–Trinajstić information content (AvgIpc) is 2.46. The number of halogens is 1. The first-order valence-corrected chi connectivity index (χ1v) is 6.47. The first-order valence-electron chi connectivity index (χ1n) is 5.68. The minimum absolute atomic E-state index is 0.426. The molecule has 0 aliphatic heterocycles. The number of benzene rings is 1. The van der Waals surface area contributed by atoms with Crippen LogP contribution in [0.15, 0.2) is 41.0 Å². The number of hydrogen-bond donors (Lipinski definition) is 0. The first-order chi connectivity index (χ1) is 9.22. The third kappa shape index (κ3) is 3.61. The van der Waals surface area contributed by atoms with E-state index >= 15 is 0 Å². The second-order valence-corrected chi connectivity index (χ2v) is 4.71. The quantitative estimate of drug-likeness (QED) is 0.845. The summed E-state index contributed by atoms with van der Waals surface area (Å²) in [5.41, 5.74) is 1.03. The molecule has 2 rings (SSSR count). The summed E-state index contributed by atoms with van der Waals surface area (Å²) >= 11 is 3.34. The van der Waals surface area contributed by atoms with Crippen LogP contribution in [-0.2, 0) is 6.61 Å². The first kappa shape index (κ1) is 13.7. The van der Waals surface area contributed by atoms with E-state index in [4.69, 9.17) is 14.2 Å². The molecule has 100 valence electrons. The molecule has 4 nitrogen and oxygen atoms in total. The maximum atomic E-state index is 5.64. The van der Waals surface area contributed by atoms with Gasteiger partial charge in [0.2, 0.25) is 0 Å². The molecule has 0 radical (unpaired) electrons. The van der Waals surface area contributed by atoms with Crippen LogP contribution in [0.25, 0.3) is 0 Å². The van der Waals surface area contributed by atoms with Gasteiger partial charge in [-0.2, -0.15) is 0 Å². The van der Waals surface area contributed by atoms with E-state index in [1.54, 1.807) is 20.4 Å². The second kappa shape index (κ2) is 6.43. The van der Waals surface area contributed by atoms with Crippen LogP contribution in [0.5, 0.6) is 17.4 Å². The maximum Gasteiger partial charge on any atom is 0.257 e. The van der Waals surface area contributed by atoms with Crippen LogP contribution < -0.4 is 14.2 Å². The lowest BCUT2D eigenvalue weighted by molar-refractivity contribution is 0.272. The number of ether oxygens (including phenoxy) is 3. The molecule has 0 fully saturated rings. The zero-order valence-corrected chi connectivity index (χ0v) is 12.3. The molecule has 0 aliphatic rings. The third-order valence-corrected chi connectivity index (χ3v) is 2.97. The Hall–Kier alpha value is -1.75. The van der Waals surface area contributed by atoms with Crippen LogP contribution in [0.4, 0.5) is 0 Å². The lowest BCUT2D eigenvalue weighted by Gasteiger charge is -2.10. The Balaban J connectivity index is 2.05. The van der Waals surface area contributed by atoms with Crippen LogP contribution in [0.2, 0.25) is 0 Å². The van der Waals surface area contributed by atoms with E-state index in [9.17, 15) is 0 Å². The molecule has 0 bridgehead atoms. The van der Waals surface area contributed by atoms with E-state index in [1.165, 1.54) is 0 Å². The summed E-state index contributed by atoms with van der Waals surface area (Å²) in [5, 5.41) is 0. The Labute approximate surface area is 120 Å². The lowest BCUT2D eigenvalue weighted by atomic mass is 10.2. The maximum absolute atomic E-state index is 5.64. The van der Waals surface area contributed by atoms with E-state index in [0.29, 0.717) is 18.2 Å². The molecule has 0 N–H and O–H groups in total. The Bertz CT molecular complexity index is 543. The average molecular weight is 324 g/mol. The van der Waals surface area contributed by atoms with Crippen molar-refractivity contribution in [1.29, 1.82) is 0 Å². The highest BCUT2D eigenvalue weighted by molar-refractivity contribution is 9.10. The van der Waals surface area contributed by atoms with Crippen LogP contribution in [0.1, 0.15) is 5.56 Å². The summed E-state index contributed by atoms with van der Waals surface area (Å²) in [6, 6.07) is 9.50. The van der Waals surface area contributed by atoms with Crippen molar-refractivity contribution >= 4 is 15.9 Å². The summed E-state index contributed by atoms with van der Waals surface area (Å²) in [6.45, 7) is 0.426. The van der Waals surface area contributed by atoms with Crippen molar-refractivity contribution in [3.8, 4) is 17.4 Å². The van der Waals surface area contributed by atoms with E-state index in [-0.39, 0.29) is 0 Å². The van der Waals surface area contributed by atoms with Gasteiger partial charge in [-0.25, -0.2) is 4.98 Å². The molecular weight excluding hydrogens is 310 g/mol. The number of methoxy groups -OCH3 is 2. The standard InChI is InChI=1S/C14H14BrNO3/c1-17-12-5-3-10(4-6-12)9-19-14-13(18-2)7-11(15)8-16-14/h3-8H,9H2,1-2H3. The van der Waals surface area contributed by atoms with Crippen molar-refractivity contribution in [2.45, 2.75) is 6.61 Å². The fourth-order valence-corrected chi connectivity index (χ4v) is 1.85. The number of pyridine rings is 1. The molecule has 1 aromatic carbocycles. The van der Waals surface area contributed by atoms with Crippen molar-refractivity contribution < 1.29 is 14.2 Å². The number of aromatic nitrogens is 1. The third-order valence-electron chi connectivity index (χ3n) is 2.54. The SMILES string of the molecule is COc1ccc(COc2ncc(Br)cc2OC)cc1. The van der Waals surface area contributed by atoms with Crippen molar-refractivity contribution in [3.05, 3.63) is 46.6 Å². The van der Waals surface area contributed by atoms with Crippen molar-refractivity contribution in [2.24, 2.45) is 0 Å². The van der Waals surface area contributed by atoms with Gasteiger partial charge in [0.1, 0.15) is 12.4 Å². The lowest BCUT2D eigenvalue weighted by Crippen LogP contribution is -1.99. The van der Waals surface area contributed by atoms with Gasteiger partial charge in [0.25, 0.3) is 5.88 Å². The van der Waals surface area contributed by atoms with E-state index in [0.717, 1.165) is 15.8 Å². The number of hydrogen-bond acceptors (Lipinski definition) is 4. The molecule has 1 heterocycles. The van der Waals surface area contributed by atoms with Crippen LogP contribution in [0.3, 0.4) is 0 Å². The normalized spacial score (nSPS) is 10.1. The zero-order valence-electron chi connectivity index (χ0n) is 10.7. The fraction of sp³-hybridized carbons (Fsp3) is 0.214. The monoisotopic (exact) mass is 323 g/mol. The largest absolute Gasteiger partial charge is 0.497 e. The van der Waals surface area contributed by atoms with E-state index in [1.807, 2.05) is 30.3 Å². The van der Waals surface area contributed by atoms with Crippen molar-refractivity contribution in [2.75, 3.05) is 14.2 Å². The minimum Gasteiger partial charge on any atom is -0.497 e. The molecule has 0 spiro atoms. The van der Waals surface area contributed by atoms with E-state index in [2.05, 4.69) is 20.9 Å². The smallest absolute Gasteiger partial charge is 0.257 e. The molecule has 2 aromatic rings. The van der Waals surface area contributed by atoms with Crippen LogP contribution in [-0.4, -0.2) is 19.2 Å². The Kier molecular flexibility index (Phi) is 4.63. The molecule has 0 amide bonds. The van der Waals surface area contributed by atoms with E-state index < -0.39 is 0 Å². The minimum atomic E-state index is 0.426. The van der Waals surface area contributed by atoms with Gasteiger partial charge in [-0.1, -0.05) is 12.1 Å². The molecule has 19 heavy (non-hydrogen) atoms. The highest BCUT2D eigenvalue weighted by atomic mass is 79.9. The topological polar surface area (TPSA) is 40.6 Å². The highest BCUT2D eigenvalue weighted by Crippen LogP contribution is 2.28.